The number of carbonyl (C=O) groups excluding carboxylic acids is 1. The van der Waals surface area contributed by atoms with E-state index in [2.05, 4.69) is 0 Å². The fraction of sp³-hybridized carbons (Fsp3) is 0.533. The third-order valence-corrected chi connectivity index (χ3v) is 3.89. The van der Waals surface area contributed by atoms with E-state index in [-0.39, 0.29) is 23.1 Å². The molecule has 0 spiro atoms. The Hall–Kier alpha value is -1.49. The van der Waals surface area contributed by atoms with Crippen LogP contribution in [-0.4, -0.2) is 29.9 Å². The summed E-state index contributed by atoms with van der Waals surface area (Å²) in [4.78, 5) is 14.2. The number of aryl methyl sites for hydroxylation is 1. The van der Waals surface area contributed by atoms with Crippen LogP contribution in [-0.2, 0) is 0 Å². The predicted molar refractivity (Wildman–Crippen MR) is 73.4 cm³/mol. The number of likely N-dealkylation sites (tertiary alicyclic amines) is 1. The minimum atomic E-state index is -0.807. The average Bonchev–Trinajstić information content (AvgIpc) is 2.67. The summed E-state index contributed by atoms with van der Waals surface area (Å²) in [6.45, 7) is 2.47. The molecule has 2 N–H and O–H groups in total. The van der Waals surface area contributed by atoms with Crippen LogP contribution in [0.25, 0.3) is 0 Å². The lowest BCUT2D eigenvalue weighted by Crippen LogP contribution is -2.44. The van der Waals surface area contributed by atoms with Crippen LogP contribution in [0.5, 0.6) is 0 Å². The van der Waals surface area contributed by atoms with Crippen LogP contribution in [0.2, 0.25) is 0 Å². The first-order valence-corrected chi connectivity index (χ1v) is 7.01. The molecule has 3 nitrogen and oxygen atoms in total. The molecule has 110 valence electrons. The molecule has 0 aliphatic carbocycles. The summed E-state index contributed by atoms with van der Waals surface area (Å²) in [6.07, 6.45) is 3.80. The van der Waals surface area contributed by atoms with Gasteiger partial charge in [-0.1, -0.05) is 12.8 Å². The zero-order chi connectivity index (χ0) is 14.7. The Morgan fingerprint density at radius 2 is 2.05 bits per heavy atom. The number of halogens is 2. The van der Waals surface area contributed by atoms with Gasteiger partial charge >= 0.3 is 0 Å². The van der Waals surface area contributed by atoms with Gasteiger partial charge in [0, 0.05) is 25.2 Å². The molecule has 1 saturated heterocycles. The SMILES string of the molecule is Cc1cc(C(=O)N2CCCCCC2CN)c(F)cc1F. The van der Waals surface area contributed by atoms with E-state index < -0.39 is 11.6 Å². The van der Waals surface area contributed by atoms with Gasteiger partial charge in [0.05, 0.1) is 5.56 Å². The van der Waals surface area contributed by atoms with Crippen LogP contribution in [0, 0.1) is 18.6 Å². The van der Waals surface area contributed by atoms with E-state index in [9.17, 15) is 13.6 Å². The fourth-order valence-electron chi connectivity index (χ4n) is 2.67. The van der Waals surface area contributed by atoms with Gasteiger partial charge < -0.3 is 10.6 Å². The second-order valence-corrected chi connectivity index (χ2v) is 5.32. The van der Waals surface area contributed by atoms with Crippen molar-refractivity contribution >= 4 is 5.91 Å². The first-order valence-electron chi connectivity index (χ1n) is 7.01. The second-order valence-electron chi connectivity index (χ2n) is 5.32. The van der Waals surface area contributed by atoms with Gasteiger partial charge in [0.15, 0.2) is 0 Å². The molecule has 1 fully saturated rings. The first kappa shape index (κ1) is 14.9. The summed E-state index contributed by atoms with van der Waals surface area (Å²) in [6, 6.07) is 2.00. The lowest BCUT2D eigenvalue weighted by Gasteiger charge is -2.29. The molecule has 0 radical (unpaired) electrons. The maximum absolute atomic E-state index is 13.8. The smallest absolute Gasteiger partial charge is 0.257 e. The Morgan fingerprint density at radius 3 is 2.75 bits per heavy atom. The molecule has 1 atom stereocenters. The van der Waals surface area contributed by atoms with Crippen LogP contribution < -0.4 is 5.73 Å². The van der Waals surface area contributed by atoms with Crippen molar-refractivity contribution < 1.29 is 13.6 Å². The van der Waals surface area contributed by atoms with Crippen LogP contribution in [0.15, 0.2) is 12.1 Å². The monoisotopic (exact) mass is 282 g/mol. The van der Waals surface area contributed by atoms with Gasteiger partial charge in [-0.25, -0.2) is 8.78 Å². The van der Waals surface area contributed by atoms with E-state index in [0.717, 1.165) is 31.7 Å². The van der Waals surface area contributed by atoms with Crippen LogP contribution in [0.1, 0.15) is 41.6 Å². The molecule has 1 aliphatic heterocycles. The number of nitrogens with two attached hydrogens (primary N) is 1. The van der Waals surface area contributed by atoms with Crippen molar-refractivity contribution in [2.75, 3.05) is 13.1 Å². The van der Waals surface area contributed by atoms with Crippen molar-refractivity contribution in [3.05, 3.63) is 34.9 Å². The Morgan fingerprint density at radius 1 is 1.30 bits per heavy atom. The highest BCUT2D eigenvalue weighted by Crippen LogP contribution is 2.21. The minimum absolute atomic E-state index is 0.0604. The second kappa shape index (κ2) is 6.31. The Balaban J connectivity index is 2.31. The van der Waals surface area contributed by atoms with Gasteiger partial charge in [-0.3, -0.25) is 4.79 Å². The largest absolute Gasteiger partial charge is 0.334 e. The van der Waals surface area contributed by atoms with E-state index in [1.54, 1.807) is 4.90 Å². The summed E-state index contributed by atoms with van der Waals surface area (Å²) < 4.78 is 27.1. The molecule has 20 heavy (non-hydrogen) atoms. The normalized spacial score (nSPS) is 19.8. The van der Waals surface area contributed by atoms with Gasteiger partial charge in [-0.2, -0.15) is 0 Å². The van der Waals surface area contributed by atoms with Crippen molar-refractivity contribution in [3.8, 4) is 0 Å². The number of benzene rings is 1. The van der Waals surface area contributed by atoms with E-state index >= 15 is 0 Å². The zero-order valence-electron chi connectivity index (χ0n) is 11.7. The van der Waals surface area contributed by atoms with Gasteiger partial charge in [0.2, 0.25) is 0 Å². The lowest BCUT2D eigenvalue weighted by molar-refractivity contribution is 0.0684. The molecule has 2 rings (SSSR count). The standard InChI is InChI=1S/C15H20F2N2O/c1-10-7-12(14(17)8-13(10)16)15(20)19-6-4-2-3-5-11(19)9-18/h7-8,11H,2-6,9,18H2,1H3. The van der Waals surface area contributed by atoms with Crippen molar-refractivity contribution in [2.45, 2.75) is 38.6 Å². The van der Waals surface area contributed by atoms with Gasteiger partial charge in [-0.15, -0.1) is 0 Å². The molecule has 1 aromatic carbocycles. The molecular formula is C15H20F2N2O. The molecule has 1 aliphatic rings. The van der Waals surface area contributed by atoms with Crippen LogP contribution in [0.3, 0.4) is 0 Å². The maximum atomic E-state index is 13.8. The van der Waals surface area contributed by atoms with Gasteiger partial charge in [0.1, 0.15) is 11.6 Å². The molecule has 5 heteroatoms. The Bertz CT molecular complexity index is 505. The fourth-order valence-corrected chi connectivity index (χ4v) is 2.67. The quantitative estimate of drug-likeness (QED) is 0.906. The number of rotatable bonds is 2. The minimum Gasteiger partial charge on any atom is -0.334 e. The number of hydrogen-bond donors (Lipinski definition) is 1. The number of hydrogen-bond acceptors (Lipinski definition) is 2. The highest BCUT2D eigenvalue weighted by atomic mass is 19.1. The summed E-state index contributed by atoms with van der Waals surface area (Å²) in [7, 11) is 0. The Labute approximate surface area is 117 Å². The van der Waals surface area contributed by atoms with E-state index in [1.807, 2.05) is 0 Å². The van der Waals surface area contributed by atoms with Crippen molar-refractivity contribution in [1.82, 2.24) is 4.90 Å². The molecule has 1 aromatic rings. The topological polar surface area (TPSA) is 46.3 Å². The van der Waals surface area contributed by atoms with Gasteiger partial charge in [0.25, 0.3) is 5.91 Å². The maximum Gasteiger partial charge on any atom is 0.257 e. The van der Waals surface area contributed by atoms with Crippen molar-refractivity contribution in [2.24, 2.45) is 5.73 Å². The lowest BCUT2D eigenvalue weighted by atomic mass is 10.1. The summed E-state index contributed by atoms with van der Waals surface area (Å²) >= 11 is 0. The molecule has 0 aromatic heterocycles. The molecule has 1 heterocycles. The number of carbonyl (C=O) groups is 1. The highest BCUT2D eigenvalue weighted by molar-refractivity contribution is 5.95. The van der Waals surface area contributed by atoms with Crippen LogP contribution in [0.4, 0.5) is 8.78 Å². The average molecular weight is 282 g/mol. The van der Waals surface area contributed by atoms with E-state index in [4.69, 9.17) is 5.73 Å². The summed E-state index contributed by atoms with van der Waals surface area (Å²) in [5.74, 6) is -1.83. The zero-order valence-corrected chi connectivity index (χ0v) is 11.7. The Kier molecular flexibility index (Phi) is 4.70. The first-order chi connectivity index (χ1) is 9.54. The molecule has 1 unspecified atom stereocenters. The summed E-state index contributed by atoms with van der Waals surface area (Å²) in [5.41, 5.74) is 5.93. The third-order valence-electron chi connectivity index (χ3n) is 3.89. The molecular weight excluding hydrogens is 262 g/mol. The van der Waals surface area contributed by atoms with E-state index in [0.29, 0.717) is 13.1 Å². The predicted octanol–water partition coefficient (Wildman–Crippen LogP) is 2.62. The van der Waals surface area contributed by atoms with Crippen molar-refractivity contribution in [3.63, 3.8) is 0 Å². The van der Waals surface area contributed by atoms with E-state index in [1.165, 1.54) is 13.0 Å². The van der Waals surface area contributed by atoms with Crippen molar-refractivity contribution in [1.29, 1.82) is 0 Å². The molecule has 0 bridgehead atoms. The number of amides is 1. The number of nitrogens with zero attached hydrogens (tertiary/aromatic N) is 1. The molecule has 0 saturated carbocycles. The summed E-state index contributed by atoms with van der Waals surface area (Å²) in [5, 5.41) is 0. The van der Waals surface area contributed by atoms with Gasteiger partial charge in [-0.05, 0) is 31.4 Å². The molecule has 1 amide bonds. The third kappa shape index (κ3) is 2.98. The highest BCUT2D eigenvalue weighted by Gasteiger charge is 2.27. The van der Waals surface area contributed by atoms with Crippen LogP contribution >= 0.6 is 0 Å².